The molecule has 0 aliphatic heterocycles. The molecule has 1 aromatic heterocycles. The lowest BCUT2D eigenvalue weighted by atomic mass is 10.1. The summed E-state index contributed by atoms with van der Waals surface area (Å²) in [6.07, 6.45) is 4.85. The highest BCUT2D eigenvalue weighted by atomic mass is 16.5. The number of benzene rings is 2. The lowest BCUT2D eigenvalue weighted by Crippen LogP contribution is -2.16. The molecule has 5 nitrogen and oxygen atoms in total. The van der Waals surface area contributed by atoms with Crippen LogP contribution in [0.1, 0.15) is 25.8 Å². The average molecular weight is 377 g/mol. The van der Waals surface area contributed by atoms with Crippen molar-refractivity contribution in [2.45, 2.75) is 26.8 Å². The van der Waals surface area contributed by atoms with Crippen LogP contribution in [0.25, 0.3) is 11.1 Å². The van der Waals surface area contributed by atoms with E-state index in [4.69, 9.17) is 4.74 Å². The van der Waals surface area contributed by atoms with E-state index in [1.54, 1.807) is 7.11 Å². The molecule has 0 radical (unpaired) electrons. The van der Waals surface area contributed by atoms with Gasteiger partial charge in [0, 0.05) is 30.2 Å². The Bertz CT molecular complexity index is 843. The summed E-state index contributed by atoms with van der Waals surface area (Å²) in [5, 5.41) is 6.73. The first-order chi connectivity index (χ1) is 13.6. The van der Waals surface area contributed by atoms with Crippen molar-refractivity contribution >= 4 is 11.6 Å². The van der Waals surface area contributed by atoms with E-state index in [1.807, 2.05) is 36.7 Å². The molecule has 0 bridgehead atoms. The molecule has 28 heavy (non-hydrogen) atoms. The minimum atomic E-state index is 0.583. The first kappa shape index (κ1) is 19.8. The monoisotopic (exact) mass is 376 g/mol. The Hall–Kier alpha value is -2.92. The molecule has 3 aromatic rings. The van der Waals surface area contributed by atoms with Gasteiger partial charge in [-0.2, -0.15) is 0 Å². The van der Waals surface area contributed by atoms with Gasteiger partial charge in [-0.1, -0.05) is 38.1 Å². The second-order valence-electron chi connectivity index (χ2n) is 7.21. The van der Waals surface area contributed by atoms with Crippen molar-refractivity contribution in [1.82, 2.24) is 15.3 Å². The van der Waals surface area contributed by atoms with Crippen molar-refractivity contribution in [3.63, 3.8) is 0 Å². The van der Waals surface area contributed by atoms with Crippen LogP contribution in [0.2, 0.25) is 0 Å². The normalized spacial score (nSPS) is 10.9. The standard InChI is InChI=1S/C23H28N4O/c1-17(2)12-13-24-14-18-4-8-21(9-5-18)27-23-25-15-20(16-26-23)19-6-10-22(28-3)11-7-19/h4-11,15-17,24H,12-14H2,1-3H3,(H,25,26,27). The van der Waals surface area contributed by atoms with Crippen molar-refractivity contribution < 1.29 is 4.74 Å². The van der Waals surface area contributed by atoms with Crippen LogP contribution in [-0.4, -0.2) is 23.6 Å². The van der Waals surface area contributed by atoms with Crippen molar-refractivity contribution in [1.29, 1.82) is 0 Å². The van der Waals surface area contributed by atoms with Gasteiger partial charge in [-0.05, 0) is 54.3 Å². The van der Waals surface area contributed by atoms with Crippen molar-refractivity contribution in [3.05, 3.63) is 66.5 Å². The van der Waals surface area contributed by atoms with Crippen LogP contribution in [0.4, 0.5) is 11.6 Å². The molecule has 2 N–H and O–H groups in total. The van der Waals surface area contributed by atoms with Gasteiger partial charge in [0.15, 0.2) is 0 Å². The molecule has 0 fully saturated rings. The van der Waals surface area contributed by atoms with Crippen molar-refractivity contribution in [2.24, 2.45) is 5.92 Å². The summed E-state index contributed by atoms with van der Waals surface area (Å²) in [6.45, 7) is 6.42. The molecule has 0 aliphatic rings. The highest BCUT2D eigenvalue weighted by Gasteiger charge is 2.03. The quantitative estimate of drug-likeness (QED) is 0.513. The van der Waals surface area contributed by atoms with Crippen molar-refractivity contribution in [2.75, 3.05) is 19.0 Å². The van der Waals surface area contributed by atoms with E-state index in [0.29, 0.717) is 5.95 Å². The lowest BCUT2D eigenvalue weighted by molar-refractivity contribution is 0.415. The Morgan fingerprint density at radius 2 is 1.57 bits per heavy atom. The predicted octanol–water partition coefficient (Wildman–Crippen LogP) is 5.03. The molecule has 146 valence electrons. The van der Waals surface area contributed by atoms with E-state index in [2.05, 4.69) is 58.7 Å². The molecular weight excluding hydrogens is 348 g/mol. The summed E-state index contributed by atoms with van der Waals surface area (Å²) >= 11 is 0. The fourth-order valence-electron chi connectivity index (χ4n) is 2.78. The fraction of sp³-hybridized carbons (Fsp3) is 0.304. The number of anilines is 2. The number of rotatable bonds is 9. The zero-order valence-corrected chi connectivity index (χ0v) is 16.8. The number of methoxy groups -OCH3 is 1. The van der Waals surface area contributed by atoms with Gasteiger partial charge in [-0.25, -0.2) is 9.97 Å². The predicted molar refractivity (Wildman–Crippen MR) is 115 cm³/mol. The minimum Gasteiger partial charge on any atom is -0.497 e. The molecular formula is C23H28N4O. The summed E-state index contributed by atoms with van der Waals surface area (Å²) < 4.78 is 5.19. The van der Waals surface area contributed by atoms with Gasteiger partial charge in [0.2, 0.25) is 5.95 Å². The number of hydrogen-bond acceptors (Lipinski definition) is 5. The molecule has 3 rings (SSSR count). The van der Waals surface area contributed by atoms with E-state index >= 15 is 0 Å². The number of hydrogen-bond donors (Lipinski definition) is 2. The number of nitrogens with one attached hydrogen (secondary N) is 2. The van der Waals surface area contributed by atoms with Gasteiger partial charge in [0.1, 0.15) is 5.75 Å². The zero-order chi connectivity index (χ0) is 19.8. The average Bonchev–Trinajstić information content (AvgIpc) is 2.73. The molecule has 0 spiro atoms. The minimum absolute atomic E-state index is 0.583. The third-order valence-electron chi connectivity index (χ3n) is 4.51. The topological polar surface area (TPSA) is 59.1 Å². The highest BCUT2D eigenvalue weighted by molar-refractivity contribution is 5.63. The zero-order valence-electron chi connectivity index (χ0n) is 16.8. The summed E-state index contributed by atoms with van der Waals surface area (Å²) in [4.78, 5) is 8.85. The Morgan fingerprint density at radius 1 is 0.893 bits per heavy atom. The second-order valence-corrected chi connectivity index (χ2v) is 7.21. The van der Waals surface area contributed by atoms with Crippen LogP contribution >= 0.6 is 0 Å². The Kier molecular flexibility index (Phi) is 6.98. The highest BCUT2D eigenvalue weighted by Crippen LogP contribution is 2.22. The molecule has 2 aromatic carbocycles. The Balaban J connectivity index is 1.54. The number of nitrogens with zero attached hydrogens (tertiary/aromatic N) is 2. The molecule has 0 atom stereocenters. The molecule has 1 heterocycles. The summed E-state index contributed by atoms with van der Waals surface area (Å²) in [7, 11) is 1.66. The van der Waals surface area contributed by atoms with E-state index < -0.39 is 0 Å². The van der Waals surface area contributed by atoms with Gasteiger partial charge < -0.3 is 15.4 Å². The van der Waals surface area contributed by atoms with E-state index in [-0.39, 0.29) is 0 Å². The van der Waals surface area contributed by atoms with Crippen LogP contribution in [0.5, 0.6) is 5.75 Å². The van der Waals surface area contributed by atoms with Gasteiger partial charge in [0.05, 0.1) is 7.11 Å². The van der Waals surface area contributed by atoms with E-state index in [9.17, 15) is 0 Å². The van der Waals surface area contributed by atoms with E-state index in [0.717, 1.165) is 41.6 Å². The molecule has 0 saturated heterocycles. The smallest absolute Gasteiger partial charge is 0.227 e. The number of aromatic nitrogens is 2. The van der Waals surface area contributed by atoms with Gasteiger partial charge in [-0.15, -0.1) is 0 Å². The summed E-state index contributed by atoms with van der Waals surface area (Å²) in [6, 6.07) is 16.2. The van der Waals surface area contributed by atoms with Crippen LogP contribution in [0, 0.1) is 5.92 Å². The summed E-state index contributed by atoms with van der Waals surface area (Å²) in [5.41, 5.74) is 4.27. The van der Waals surface area contributed by atoms with E-state index in [1.165, 1.54) is 12.0 Å². The van der Waals surface area contributed by atoms with Gasteiger partial charge in [0.25, 0.3) is 0 Å². The summed E-state index contributed by atoms with van der Waals surface area (Å²) in [5.74, 6) is 2.15. The van der Waals surface area contributed by atoms with Crippen LogP contribution in [-0.2, 0) is 6.54 Å². The largest absolute Gasteiger partial charge is 0.497 e. The first-order valence-corrected chi connectivity index (χ1v) is 9.67. The Labute approximate surface area is 167 Å². The molecule has 5 heteroatoms. The van der Waals surface area contributed by atoms with Crippen LogP contribution in [0.3, 0.4) is 0 Å². The molecule has 0 amide bonds. The molecule has 0 aliphatic carbocycles. The maximum atomic E-state index is 5.19. The second kappa shape index (κ2) is 9.85. The van der Waals surface area contributed by atoms with Crippen LogP contribution < -0.4 is 15.4 Å². The van der Waals surface area contributed by atoms with Gasteiger partial charge in [-0.3, -0.25) is 0 Å². The third-order valence-corrected chi connectivity index (χ3v) is 4.51. The third kappa shape index (κ3) is 5.79. The van der Waals surface area contributed by atoms with Crippen molar-refractivity contribution in [3.8, 4) is 16.9 Å². The lowest BCUT2D eigenvalue weighted by Gasteiger charge is -2.09. The maximum Gasteiger partial charge on any atom is 0.227 e. The van der Waals surface area contributed by atoms with Crippen LogP contribution in [0.15, 0.2) is 60.9 Å². The maximum absolute atomic E-state index is 5.19. The molecule has 0 saturated carbocycles. The SMILES string of the molecule is COc1ccc(-c2cnc(Nc3ccc(CNCCC(C)C)cc3)nc2)cc1. The Morgan fingerprint density at radius 3 is 2.18 bits per heavy atom. The fourth-order valence-corrected chi connectivity index (χ4v) is 2.78. The number of ether oxygens (including phenoxy) is 1. The first-order valence-electron chi connectivity index (χ1n) is 9.67. The van der Waals surface area contributed by atoms with Gasteiger partial charge >= 0.3 is 0 Å². The molecule has 0 unspecified atom stereocenters.